The molecule has 2 saturated carbocycles. The average Bonchev–Trinajstić information content (AvgIpc) is 2.58. The Morgan fingerprint density at radius 3 is 2.58 bits per heavy atom. The van der Waals surface area contributed by atoms with E-state index >= 15 is 0 Å². The van der Waals surface area contributed by atoms with Crippen LogP contribution in [0, 0.1) is 29.2 Å². The molecule has 0 aromatic carbocycles. The predicted octanol–water partition coefficient (Wildman–Crippen LogP) is 3.61. The van der Waals surface area contributed by atoms with Crippen LogP contribution in [0.5, 0.6) is 0 Å². The fourth-order valence-electron chi connectivity index (χ4n) is 4.80. The molecule has 3 nitrogen and oxygen atoms in total. The van der Waals surface area contributed by atoms with E-state index < -0.39 is 0 Å². The van der Waals surface area contributed by atoms with Crippen LogP contribution in [-0.2, 0) is 0 Å². The first-order valence-corrected chi connectivity index (χ1v) is 10.3. The van der Waals surface area contributed by atoms with E-state index in [1.54, 1.807) is 0 Å². The molecule has 2 fully saturated rings. The zero-order valence-corrected chi connectivity index (χ0v) is 15.8. The number of rotatable bonds is 4. The Kier molecular flexibility index (Phi) is 6.47. The van der Waals surface area contributed by atoms with Crippen molar-refractivity contribution in [2.24, 2.45) is 17.3 Å². The summed E-state index contributed by atoms with van der Waals surface area (Å²) < 4.78 is 0. The lowest BCUT2D eigenvalue weighted by Gasteiger charge is -2.39. The zero-order valence-electron chi connectivity index (χ0n) is 15.8. The molecular weight excluding hydrogens is 294 g/mol. The van der Waals surface area contributed by atoms with Crippen LogP contribution in [0.3, 0.4) is 0 Å². The molecule has 0 spiro atoms. The highest BCUT2D eigenvalue weighted by molar-refractivity contribution is 5.04. The Balaban J connectivity index is 1.53. The minimum absolute atomic E-state index is 0.327. The predicted molar refractivity (Wildman–Crippen MR) is 101 cm³/mol. The fourth-order valence-corrected chi connectivity index (χ4v) is 4.80. The van der Waals surface area contributed by atoms with E-state index in [1.807, 2.05) is 0 Å². The molecule has 2 atom stereocenters. The van der Waals surface area contributed by atoms with Crippen LogP contribution < -0.4 is 16.0 Å². The van der Waals surface area contributed by atoms with Gasteiger partial charge in [0, 0.05) is 18.6 Å². The van der Waals surface area contributed by atoms with Crippen molar-refractivity contribution in [2.45, 2.75) is 90.3 Å². The molecule has 24 heavy (non-hydrogen) atoms. The Hall–Kier alpha value is -0.720. The first-order valence-electron chi connectivity index (χ1n) is 10.3. The molecule has 0 amide bonds. The molecule has 3 rings (SSSR count). The maximum Gasteiger partial charge on any atom is 0.0858 e. The summed E-state index contributed by atoms with van der Waals surface area (Å²) in [5.41, 5.74) is 0.470. The van der Waals surface area contributed by atoms with E-state index in [9.17, 15) is 0 Å². The zero-order chi connectivity index (χ0) is 16.8. The van der Waals surface area contributed by atoms with E-state index in [2.05, 4.69) is 41.8 Å². The highest BCUT2D eigenvalue weighted by Gasteiger charge is 2.31. The Morgan fingerprint density at radius 2 is 1.83 bits per heavy atom. The number of hydrogen-bond donors (Lipinski definition) is 3. The second-order valence-electron chi connectivity index (χ2n) is 8.99. The van der Waals surface area contributed by atoms with Gasteiger partial charge in [-0.05, 0) is 49.4 Å². The van der Waals surface area contributed by atoms with E-state index in [4.69, 9.17) is 0 Å². The summed E-state index contributed by atoms with van der Waals surface area (Å²) in [6.45, 7) is 6.82. The van der Waals surface area contributed by atoms with Crippen molar-refractivity contribution in [1.29, 1.82) is 0 Å². The van der Waals surface area contributed by atoms with Crippen LogP contribution in [0.4, 0.5) is 0 Å². The second kappa shape index (κ2) is 8.59. The minimum atomic E-state index is 0.327. The molecule has 2 aliphatic carbocycles. The van der Waals surface area contributed by atoms with Gasteiger partial charge in [-0.1, -0.05) is 51.9 Å². The van der Waals surface area contributed by atoms with Crippen molar-refractivity contribution < 1.29 is 0 Å². The molecule has 136 valence electrons. The fraction of sp³-hybridized carbons (Fsp3) is 0.905. The molecule has 0 bridgehead atoms. The monoisotopic (exact) mass is 331 g/mol. The van der Waals surface area contributed by atoms with Crippen LogP contribution in [0.1, 0.15) is 78.1 Å². The third-order valence-electron chi connectivity index (χ3n) is 6.75. The van der Waals surface area contributed by atoms with Gasteiger partial charge in [-0.3, -0.25) is 5.32 Å². The maximum absolute atomic E-state index is 3.83. The SMILES string of the molecule is CC1CCC(C)(CN[C@H]2CC(C3CCCCC3)NCC#CN2)CC1. The quantitative estimate of drug-likeness (QED) is 0.689. The van der Waals surface area contributed by atoms with Crippen LogP contribution in [0.25, 0.3) is 0 Å². The van der Waals surface area contributed by atoms with Crippen molar-refractivity contribution in [3.63, 3.8) is 0 Å². The van der Waals surface area contributed by atoms with Crippen LogP contribution >= 0.6 is 0 Å². The third-order valence-corrected chi connectivity index (χ3v) is 6.75. The van der Waals surface area contributed by atoms with E-state index in [1.165, 1.54) is 57.8 Å². The molecule has 3 N–H and O–H groups in total. The van der Waals surface area contributed by atoms with Gasteiger partial charge >= 0.3 is 0 Å². The lowest BCUT2D eigenvalue weighted by molar-refractivity contribution is 0.159. The van der Waals surface area contributed by atoms with Gasteiger partial charge in [0.25, 0.3) is 0 Å². The van der Waals surface area contributed by atoms with Crippen LogP contribution in [0.15, 0.2) is 0 Å². The summed E-state index contributed by atoms with van der Waals surface area (Å²) >= 11 is 0. The number of hydrogen-bond acceptors (Lipinski definition) is 3. The third kappa shape index (κ3) is 5.14. The second-order valence-corrected chi connectivity index (χ2v) is 8.99. The smallest absolute Gasteiger partial charge is 0.0858 e. The van der Waals surface area contributed by atoms with Crippen molar-refractivity contribution >= 4 is 0 Å². The van der Waals surface area contributed by atoms with Crippen molar-refractivity contribution in [2.75, 3.05) is 13.1 Å². The van der Waals surface area contributed by atoms with Crippen molar-refractivity contribution in [1.82, 2.24) is 16.0 Å². The molecule has 3 heteroatoms. The van der Waals surface area contributed by atoms with Gasteiger partial charge in [0.2, 0.25) is 0 Å². The largest absolute Gasteiger partial charge is 0.330 e. The highest BCUT2D eigenvalue weighted by Crippen LogP contribution is 2.38. The van der Waals surface area contributed by atoms with Crippen LogP contribution in [-0.4, -0.2) is 25.3 Å². The van der Waals surface area contributed by atoms with Crippen LogP contribution in [0.2, 0.25) is 0 Å². The Bertz CT molecular complexity index is 436. The maximum atomic E-state index is 3.83. The molecule has 0 radical (unpaired) electrons. The highest BCUT2D eigenvalue weighted by atomic mass is 15.1. The topological polar surface area (TPSA) is 36.1 Å². The standard InChI is InChI=1S/C21H37N3/c1-17-9-11-21(2,12-10-17)16-24-20-15-19(22-13-6-14-23-20)18-7-4-3-5-8-18/h17-20,22-24H,3-5,7-13,15-16H2,1-2H3/t17?,19?,20-,21?/m0/s1. The van der Waals surface area contributed by atoms with Gasteiger partial charge in [0.15, 0.2) is 0 Å². The van der Waals surface area contributed by atoms with Gasteiger partial charge < -0.3 is 10.6 Å². The number of nitrogens with one attached hydrogen (secondary N) is 3. The first-order chi connectivity index (χ1) is 11.6. The molecule has 0 aromatic heterocycles. The lowest BCUT2D eigenvalue weighted by Crippen LogP contribution is -2.51. The molecule has 0 saturated heterocycles. The average molecular weight is 332 g/mol. The Morgan fingerprint density at radius 1 is 1.08 bits per heavy atom. The van der Waals surface area contributed by atoms with Gasteiger partial charge in [0.05, 0.1) is 12.7 Å². The summed E-state index contributed by atoms with van der Waals surface area (Å²) in [7, 11) is 0. The summed E-state index contributed by atoms with van der Waals surface area (Å²) in [4.78, 5) is 0. The first kappa shape index (κ1) is 18.1. The van der Waals surface area contributed by atoms with Gasteiger partial charge in [-0.25, -0.2) is 0 Å². The van der Waals surface area contributed by atoms with Gasteiger partial charge in [-0.15, -0.1) is 0 Å². The Labute approximate surface area is 149 Å². The van der Waals surface area contributed by atoms with E-state index in [0.717, 1.165) is 31.3 Å². The van der Waals surface area contributed by atoms with Gasteiger partial charge in [0.1, 0.15) is 0 Å². The van der Waals surface area contributed by atoms with E-state index in [0.29, 0.717) is 17.6 Å². The molecule has 1 aliphatic heterocycles. The molecule has 1 heterocycles. The van der Waals surface area contributed by atoms with Gasteiger partial charge in [-0.2, -0.15) is 0 Å². The van der Waals surface area contributed by atoms with Crippen molar-refractivity contribution in [3.8, 4) is 12.0 Å². The molecular formula is C21H37N3. The molecule has 0 aromatic rings. The lowest BCUT2D eigenvalue weighted by atomic mass is 9.72. The summed E-state index contributed by atoms with van der Waals surface area (Å²) in [6.07, 6.45) is 14.0. The summed E-state index contributed by atoms with van der Waals surface area (Å²) in [5, 5.41) is 11.0. The summed E-state index contributed by atoms with van der Waals surface area (Å²) in [6, 6.07) is 3.76. The molecule has 3 aliphatic rings. The normalized spacial score (nSPS) is 38.3. The van der Waals surface area contributed by atoms with Crippen molar-refractivity contribution in [3.05, 3.63) is 0 Å². The molecule has 1 unspecified atom stereocenters. The van der Waals surface area contributed by atoms with E-state index in [-0.39, 0.29) is 0 Å². The summed E-state index contributed by atoms with van der Waals surface area (Å²) in [5.74, 6) is 4.99. The minimum Gasteiger partial charge on any atom is -0.330 e.